The molecule has 0 aliphatic carbocycles. The van der Waals surface area contributed by atoms with Gasteiger partial charge in [0, 0.05) is 18.6 Å². The Morgan fingerprint density at radius 1 is 1.28 bits per heavy atom. The van der Waals surface area contributed by atoms with Gasteiger partial charge in [0.1, 0.15) is 0 Å². The quantitative estimate of drug-likeness (QED) is 0.831. The summed E-state index contributed by atoms with van der Waals surface area (Å²) in [6.45, 7) is 5.52. The van der Waals surface area contributed by atoms with Gasteiger partial charge < -0.3 is 13.8 Å². The molecule has 2 aromatic heterocycles. The van der Waals surface area contributed by atoms with Gasteiger partial charge in [-0.3, -0.25) is 0 Å². The molecule has 0 amide bonds. The topological polar surface area (TPSA) is 74.2 Å². The van der Waals surface area contributed by atoms with Crippen molar-refractivity contribution in [2.45, 2.75) is 32.1 Å². The predicted octanol–water partition coefficient (Wildman–Crippen LogP) is 2.35. The number of rotatable bonds is 3. The van der Waals surface area contributed by atoms with E-state index in [1.807, 2.05) is 6.07 Å². The van der Waals surface area contributed by atoms with E-state index in [0.29, 0.717) is 30.0 Å². The molecule has 96 valence electrons. The number of hydrogen-bond acceptors (Lipinski definition) is 6. The second-order valence-electron chi connectivity index (χ2n) is 4.79. The summed E-state index contributed by atoms with van der Waals surface area (Å²) in [6, 6.07) is 1.84. The molecule has 0 bridgehead atoms. The third kappa shape index (κ3) is 2.03. The summed E-state index contributed by atoms with van der Waals surface area (Å²) in [6.07, 6.45) is 0.937. The Morgan fingerprint density at radius 2 is 2.17 bits per heavy atom. The highest BCUT2D eigenvalue weighted by molar-refractivity contribution is 5.44. The summed E-state index contributed by atoms with van der Waals surface area (Å²) < 4.78 is 15.7. The minimum absolute atomic E-state index is 0.231. The number of nitrogens with zero attached hydrogens (tertiary/aromatic N) is 3. The zero-order valence-electron chi connectivity index (χ0n) is 10.4. The van der Waals surface area contributed by atoms with Gasteiger partial charge in [0.25, 0.3) is 5.89 Å². The van der Waals surface area contributed by atoms with E-state index < -0.39 is 0 Å². The fraction of sp³-hybridized carbons (Fsp3) is 0.583. The third-order valence-electron chi connectivity index (χ3n) is 3.07. The first kappa shape index (κ1) is 11.4. The molecule has 1 atom stereocenters. The summed E-state index contributed by atoms with van der Waals surface area (Å²) >= 11 is 0. The molecule has 18 heavy (non-hydrogen) atoms. The minimum atomic E-state index is 0.231. The van der Waals surface area contributed by atoms with Crippen LogP contribution in [0.2, 0.25) is 0 Å². The molecular weight excluding hydrogens is 234 g/mol. The van der Waals surface area contributed by atoms with Gasteiger partial charge in [0.2, 0.25) is 5.76 Å². The first-order valence-electron chi connectivity index (χ1n) is 6.12. The van der Waals surface area contributed by atoms with Crippen LogP contribution >= 0.6 is 0 Å². The second-order valence-corrected chi connectivity index (χ2v) is 4.79. The molecule has 0 saturated carbocycles. The molecule has 0 aromatic carbocycles. The Kier molecular flexibility index (Phi) is 2.87. The van der Waals surface area contributed by atoms with Gasteiger partial charge in [0.15, 0.2) is 5.82 Å². The van der Waals surface area contributed by atoms with Crippen molar-refractivity contribution in [1.82, 2.24) is 15.3 Å². The van der Waals surface area contributed by atoms with E-state index in [1.165, 1.54) is 0 Å². The lowest BCUT2D eigenvalue weighted by Crippen LogP contribution is -1.99. The van der Waals surface area contributed by atoms with E-state index >= 15 is 0 Å². The SMILES string of the molecule is CC(C)c1cc(-c2nc(C3CCOC3)no2)on1. The number of ether oxygens (including phenoxy) is 1. The average molecular weight is 249 g/mol. The van der Waals surface area contributed by atoms with Gasteiger partial charge in [-0.15, -0.1) is 0 Å². The first-order valence-corrected chi connectivity index (χ1v) is 6.12. The van der Waals surface area contributed by atoms with E-state index in [-0.39, 0.29) is 5.92 Å². The molecule has 1 aliphatic rings. The van der Waals surface area contributed by atoms with E-state index in [2.05, 4.69) is 29.1 Å². The van der Waals surface area contributed by atoms with Gasteiger partial charge in [-0.25, -0.2) is 0 Å². The highest BCUT2D eigenvalue weighted by atomic mass is 16.5. The van der Waals surface area contributed by atoms with Crippen LogP contribution in [0.1, 0.15) is 43.6 Å². The third-order valence-corrected chi connectivity index (χ3v) is 3.07. The molecule has 0 spiro atoms. The Bertz CT molecular complexity index is 526. The summed E-state index contributed by atoms with van der Waals surface area (Å²) in [4.78, 5) is 4.34. The standard InChI is InChI=1S/C12H15N3O3/c1-7(2)9-5-10(17-14-9)12-13-11(15-18-12)8-3-4-16-6-8/h5,7-8H,3-4,6H2,1-2H3. The molecule has 2 aromatic rings. The lowest BCUT2D eigenvalue weighted by Gasteiger charge is -1.97. The minimum Gasteiger partial charge on any atom is -0.381 e. The number of hydrogen-bond donors (Lipinski definition) is 0. The van der Waals surface area contributed by atoms with Gasteiger partial charge in [-0.1, -0.05) is 24.2 Å². The molecule has 1 aliphatic heterocycles. The van der Waals surface area contributed by atoms with Crippen LogP contribution in [0.15, 0.2) is 15.1 Å². The van der Waals surface area contributed by atoms with Gasteiger partial charge in [0.05, 0.1) is 12.3 Å². The van der Waals surface area contributed by atoms with Crippen molar-refractivity contribution < 1.29 is 13.8 Å². The highest BCUT2D eigenvalue weighted by Crippen LogP contribution is 2.26. The van der Waals surface area contributed by atoms with Crippen LogP contribution in [-0.2, 0) is 4.74 Å². The Morgan fingerprint density at radius 3 is 2.83 bits per heavy atom. The predicted molar refractivity (Wildman–Crippen MR) is 62.1 cm³/mol. The molecule has 0 radical (unpaired) electrons. The Balaban J connectivity index is 1.83. The normalized spacial score (nSPS) is 19.8. The Labute approximate surface area is 104 Å². The van der Waals surface area contributed by atoms with E-state index in [0.717, 1.165) is 18.7 Å². The van der Waals surface area contributed by atoms with Crippen LogP contribution in [0.3, 0.4) is 0 Å². The van der Waals surface area contributed by atoms with E-state index in [9.17, 15) is 0 Å². The summed E-state index contributed by atoms with van der Waals surface area (Å²) in [5.74, 6) is 2.14. The molecule has 1 unspecified atom stereocenters. The van der Waals surface area contributed by atoms with Crippen LogP contribution in [0.4, 0.5) is 0 Å². The Hall–Kier alpha value is -1.69. The molecule has 6 nitrogen and oxygen atoms in total. The monoisotopic (exact) mass is 249 g/mol. The molecular formula is C12H15N3O3. The maximum absolute atomic E-state index is 5.30. The highest BCUT2D eigenvalue weighted by Gasteiger charge is 2.24. The lowest BCUT2D eigenvalue weighted by molar-refractivity contribution is 0.192. The number of aromatic nitrogens is 3. The van der Waals surface area contributed by atoms with Crippen molar-refractivity contribution in [3.8, 4) is 11.7 Å². The summed E-state index contributed by atoms with van der Waals surface area (Å²) in [5.41, 5.74) is 0.883. The van der Waals surface area contributed by atoms with Crippen molar-refractivity contribution in [3.05, 3.63) is 17.6 Å². The van der Waals surface area contributed by atoms with Crippen molar-refractivity contribution >= 4 is 0 Å². The molecule has 3 rings (SSSR count). The molecule has 6 heteroatoms. The van der Waals surface area contributed by atoms with Crippen LogP contribution in [0.5, 0.6) is 0 Å². The van der Waals surface area contributed by atoms with E-state index in [4.69, 9.17) is 13.8 Å². The van der Waals surface area contributed by atoms with Gasteiger partial charge in [-0.05, 0) is 12.3 Å². The lowest BCUT2D eigenvalue weighted by atomic mass is 10.1. The maximum atomic E-state index is 5.30. The fourth-order valence-corrected chi connectivity index (χ4v) is 1.90. The van der Waals surface area contributed by atoms with Crippen LogP contribution in [0.25, 0.3) is 11.7 Å². The largest absolute Gasteiger partial charge is 0.381 e. The maximum Gasteiger partial charge on any atom is 0.296 e. The van der Waals surface area contributed by atoms with Crippen molar-refractivity contribution in [1.29, 1.82) is 0 Å². The zero-order valence-corrected chi connectivity index (χ0v) is 10.4. The molecule has 0 N–H and O–H groups in total. The zero-order chi connectivity index (χ0) is 12.5. The van der Waals surface area contributed by atoms with Crippen molar-refractivity contribution in [2.75, 3.05) is 13.2 Å². The van der Waals surface area contributed by atoms with Gasteiger partial charge >= 0.3 is 0 Å². The van der Waals surface area contributed by atoms with Crippen molar-refractivity contribution in [2.24, 2.45) is 0 Å². The molecule has 3 heterocycles. The average Bonchev–Trinajstić information content (AvgIpc) is 3.10. The van der Waals surface area contributed by atoms with Crippen LogP contribution < -0.4 is 0 Å². The van der Waals surface area contributed by atoms with Crippen molar-refractivity contribution in [3.63, 3.8) is 0 Å². The summed E-state index contributed by atoms with van der Waals surface area (Å²) in [5, 5.41) is 7.95. The van der Waals surface area contributed by atoms with Crippen LogP contribution in [-0.4, -0.2) is 28.5 Å². The summed E-state index contributed by atoms with van der Waals surface area (Å²) in [7, 11) is 0. The molecule has 1 saturated heterocycles. The second kappa shape index (κ2) is 4.53. The fourth-order valence-electron chi connectivity index (χ4n) is 1.90. The molecule has 1 fully saturated rings. The van der Waals surface area contributed by atoms with Gasteiger partial charge in [-0.2, -0.15) is 4.98 Å². The van der Waals surface area contributed by atoms with E-state index in [1.54, 1.807) is 0 Å². The first-order chi connectivity index (χ1) is 8.74. The smallest absolute Gasteiger partial charge is 0.296 e. The van der Waals surface area contributed by atoms with Crippen LogP contribution in [0, 0.1) is 0 Å².